The van der Waals surface area contributed by atoms with Gasteiger partial charge in [-0.25, -0.2) is 0 Å². The number of ether oxygens (including phenoxy) is 1. The van der Waals surface area contributed by atoms with E-state index in [2.05, 4.69) is 53.3 Å². The van der Waals surface area contributed by atoms with E-state index in [4.69, 9.17) is 4.74 Å². The SMILES string of the molecule is CCNCCC1(Oc2ccc(Br)cc2C)CCC1. The predicted molar refractivity (Wildman–Crippen MR) is 79.2 cm³/mol. The molecule has 3 heteroatoms. The van der Waals surface area contributed by atoms with Crippen molar-refractivity contribution in [3.8, 4) is 5.75 Å². The summed E-state index contributed by atoms with van der Waals surface area (Å²) in [5.41, 5.74) is 1.29. The Balaban J connectivity index is 2.01. The number of rotatable bonds is 6. The lowest BCUT2D eigenvalue weighted by Crippen LogP contribution is -2.45. The average molecular weight is 312 g/mol. The van der Waals surface area contributed by atoms with Gasteiger partial charge in [0, 0.05) is 4.47 Å². The molecule has 1 fully saturated rings. The first-order chi connectivity index (χ1) is 8.65. The van der Waals surface area contributed by atoms with Crippen molar-refractivity contribution in [3.05, 3.63) is 28.2 Å². The number of nitrogens with one attached hydrogen (secondary N) is 1. The van der Waals surface area contributed by atoms with Gasteiger partial charge in [0.2, 0.25) is 0 Å². The van der Waals surface area contributed by atoms with Crippen molar-refractivity contribution in [2.75, 3.05) is 13.1 Å². The Bertz CT molecular complexity index is 401. The Morgan fingerprint density at radius 1 is 1.39 bits per heavy atom. The second kappa shape index (κ2) is 6.07. The molecule has 0 unspecified atom stereocenters. The molecule has 0 aromatic heterocycles. The van der Waals surface area contributed by atoms with Crippen molar-refractivity contribution < 1.29 is 4.74 Å². The molecule has 1 aromatic rings. The second-order valence-corrected chi connectivity index (χ2v) is 6.07. The summed E-state index contributed by atoms with van der Waals surface area (Å²) >= 11 is 3.49. The van der Waals surface area contributed by atoms with Crippen molar-refractivity contribution in [2.24, 2.45) is 0 Å². The van der Waals surface area contributed by atoms with Gasteiger partial charge in [0.1, 0.15) is 11.4 Å². The standard InChI is InChI=1S/C15H22BrNO/c1-3-17-10-9-15(7-4-8-15)18-14-6-5-13(16)11-12(14)2/h5-6,11,17H,3-4,7-10H2,1-2H3. The molecule has 0 radical (unpaired) electrons. The van der Waals surface area contributed by atoms with E-state index in [1.807, 2.05) is 0 Å². The molecule has 0 spiro atoms. The molecule has 100 valence electrons. The summed E-state index contributed by atoms with van der Waals surface area (Å²) in [6.45, 7) is 6.34. The van der Waals surface area contributed by atoms with E-state index in [0.29, 0.717) is 0 Å². The normalized spacial score (nSPS) is 17.3. The van der Waals surface area contributed by atoms with Crippen LogP contribution in [0.2, 0.25) is 0 Å². The first-order valence-electron chi connectivity index (χ1n) is 6.81. The molecular formula is C15H22BrNO. The van der Waals surface area contributed by atoms with Crippen LogP contribution in [0.5, 0.6) is 5.75 Å². The van der Waals surface area contributed by atoms with Gasteiger partial charge in [0.15, 0.2) is 0 Å². The second-order valence-electron chi connectivity index (χ2n) is 5.15. The highest BCUT2D eigenvalue weighted by Crippen LogP contribution is 2.40. The third-order valence-electron chi connectivity index (χ3n) is 3.74. The molecule has 0 bridgehead atoms. The molecule has 1 aliphatic rings. The summed E-state index contributed by atoms with van der Waals surface area (Å²) in [7, 11) is 0. The van der Waals surface area contributed by atoms with Crippen molar-refractivity contribution in [3.63, 3.8) is 0 Å². The van der Waals surface area contributed by atoms with Gasteiger partial charge in [-0.2, -0.15) is 0 Å². The summed E-state index contributed by atoms with van der Waals surface area (Å²) < 4.78 is 7.42. The zero-order chi connectivity index (χ0) is 13.0. The zero-order valence-corrected chi connectivity index (χ0v) is 12.8. The molecular weight excluding hydrogens is 290 g/mol. The maximum absolute atomic E-state index is 6.31. The van der Waals surface area contributed by atoms with Gasteiger partial charge >= 0.3 is 0 Å². The van der Waals surface area contributed by atoms with E-state index >= 15 is 0 Å². The highest BCUT2D eigenvalue weighted by atomic mass is 79.9. The van der Waals surface area contributed by atoms with E-state index in [0.717, 1.165) is 29.7 Å². The molecule has 0 amide bonds. The molecule has 1 aromatic carbocycles. The van der Waals surface area contributed by atoms with Crippen LogP contribution < -0.4 is 10.1 Å². The Labute approximate surface area is 118 Å². The van der Waals surface area contributed by atoms with Gasteiger partial charge in [-0.1, -0.05) is 22.9 Å². The maximum Gasteiger partial charge on any atom is 0.123 e. The number of aryl methyl sites for hydroxylation is 1. The molecule has 1 N–H and O–H groups in total. The minimum absolute atomic E-state index is 0.0841. The topological polar surface area (TPSA) is 21.3 Å². The molecule has 18 heavy (non-hydrogen) atoms. The first-order valence-corrected chi connectivity index (χ1v) is 7.60. The molecule has 0 atom stereocenters. The number of benzene rings is 1. The Morgan fingerprint density at radius 3 is 2.72 bits per heavy atom. The van der Waals surface area contributed by atoms with Crippen LogP contribution in [0.15, 0.2) is 22.7 Å². The minimum atomic E-state index is 0.0841. The van der Waals surface area contributed by atoms with Crippen LogP contribution >= 0.6 is 15.9 Å². The van der Waals surface area contributed by atoms with Crippen molar-refractivity contribution in [1.29, 1.82) is 0 Å². The van der Waals surface area contributed by atoms with Crippen LogP contribution in [0.4, 0.5) is 0 Å². The molecule has 2 nitrogen and oxygen atoms in total. The third-order valence-corrected chi connectivity index (χ3v) is 4.23. The summed E-state index contributed by atoms with van der Waals surface area (Å²) in [4.78, 5) is 0. The fourth-order valence-corrected chi connectivity index (χ4v) is 2.90. The number of hydrogen-bond donors (Lipinski definition) is 1. The van der Waals surface area contributed by atoms with E-state index in [1.165, 1.54) is 24.8 Å². The van der Waals surface area contributed by atoms with Gasteiger partial charge in [-0.3, -0.25) is 0 Å². The Hall–Kier alpha value is -0.540. The Kier molecular flexibility index (Phi) is 4.68. The summed E-state index contributed by atoms with van der Waals surface area (Å²) in [6.07, 6.45) is 4.78. The predicted octanol–water partition coefficient (Wildman–Crippen LogP) is 4.06. The number of hydrogen-bond acceptors (Lipinski definition) is 2. The van der Waals surface area contributed by atoms with Crippen LogP contribution in [0, 0.1) is 6.92 Å². The van der Waals surface area contributed by atoms with Gasteiger partial charge in [0.25, 0.3) is 0 Å². The van der Waals surface area contributed by atoms with Gasteiger partial charge < -0.3 is 10.1 Å². The quantitative estimate of drug-likeness (QED) is 0.800. The summed E-state index contributed by atoms with van der Waals surface area (Å²) in [6, 6.07) is 6.25. The lowest BCUT2D eigenvalue weighted by atomic mass is 9.77. The van der Waals surface area contributed by atoms with Crippen LogP contribution in [-0.4, -0.2) is 18.7 Å². The van der Waals surface area contributed by atoms with Crippen LogP contribution in [0.3, 0.4) is 0 Å². The summed E-state index contributed by atoms with van der Waals surface area (Å²) in [5, 5.41) is 3.39. The molecule has 1 saturated carbocycles. The third kappa shape index (κ3) is 3.27. The van der Waals surface area contributed by atoms with Crippen molar-refractivity contribution >= 4 is 15.9 Å². The minimum Gasteiger partial charge on any atom is -0.487 e. The fourth-order valence-electron chi connectivity index (χ4n) is 2.43. The molecule has 0 saturated heterocycles. The first kappa shape index (κ1) is 13.9. The Morgan fingerprint density at radius 2 is 2.17 bits per heavy atom. The monoisotopic (exact) mass is 311 g/mol. The van der Waals surface area contributed by atoms with Gasteiger partial charge in [0.05, 0.1) is 0 Å². The van der Waals surface area contributed by atoms with E-state index in [1.54, 1.807) is 0 Å². The lowest BCUT2D eigenvalue weighted by molar-refractivity contribution is -0.0146. The molecule has 2 rings (SSSR count). The summed E-state index contributed by atoms with van der Waals surface area (Å²) in [5.74, 6) is 1.04. The highest BCUT2D eigenvalue weighted by molar-refractivity contribution is 9.10. The van der Waals surface area contributed by atoms with Crippen LogP contribution in [0.25, 0.3) is 0 Å². The van der Waals surface area contributed by atoms with Crippen LogP contribution in [0.1, 0.15) is 38.2 Å². The van der Waals surface area contributed by atoms with Crippen molar-refractivity contribution in [1.82, 2.24) is 5.32 Å². The zero-order valence-electron chi connectivity index (χ0n) is 11.3. The largest absolute Gasteiger partial charge is 0.487 e. The van der Waals surface area contributed by atoms with E-state index < -0.39 is 0 Å². The maximum atomic E-state index is 6.31. The van der Waals surface area contributed by atoms with Gasteiger partial charge in [-0.05, 0) is 69.5 Å². The highest BCUT2D eigenvalue weighted by Gasteiger charge is 2.38. The van der Waals surface area contributed by atoms with Crippen LogP contribution in [-0.2, 0) is 0 Å². The average Bonchev–Trinajstić information content (AvgIpc) is 2.29. The fraction of sp³-hybridized carbons (Fsp3) is 0.600. The molecule has 1 aliphatic carbocycles. The molecule has 0 heterocycles. The van der Waals surface area contributed by atoms with Crippen molar-refractivity contribution in [2.45, 2.75) is 45.1 Å². The number of halogens is 1. The van der Waals surface area contributed by atoms with E-state index in [-0.39, 0.29) is 5.60 Å². The smallest absolute Gasteiger partial charge is 0.123 e. The van der Waals surface area contributed by atoms with Gasteiger partial charge in [-0.15, -0.1) is 0 Å². The lowest BCUT2D eigenvalue weighted by Gasteiger charge is -2.42. The van der Waals surface area contributed by atoms with E-state index in [9.17, 15) is 0 Å². The molecule has 0 aliphatic heterocycles.